The van der Waals surface area contributed by atoms with Crippen LogP contribution in [0.25, 0.3) is 10.9 Å². The molecule has 1 aromatic carbocycles. The Morgan fingerprint density at radius 3 is 1.83 bits per heavy atom. The Hall–Kier alpha value is -4.14. The predicted octanol–water partition coefficient (Wildman–Crippen LogP) is 11.6. The van der Waals surface area contributed by atoms with Crippen molar-refractivity contribution in [2.24, 2.45) is 13.0 Å². The average molecular weight is 1140 g/mol. The third kappa shape index (κ3) is 25.7. The zero-order valence-corrected chi connectivity index (χ0v) is 49.0. The highest BCUT2D eigenvalue weighted by molar-refractivity contribution is 9.10. The first-order chi connectivity index (χ1) is 37.0. The molecule has 2 aliphatic rings. The van der Waals surface area contributed by atoms with E-state index >= 15 is 0 Å². The molecule has 2 aromatic heterocycles. The van der Waals surface area contributed by atoms with Crippen LogP contribution < -0.4 is 0 Å². The number of benzene rings is 1. The molecule has 1 fully saturated rings. The van der Waals surface area contributed by atoms with E-state index < -0.39 is 42.0 Å². The van der Waals surface area contributed by atoms with Crippen LogP contribution in [0, 0.1) is 18.3 Å². The standard InChI is InChI=1S/C24H26BrN3O3.C19H36O4.C19H34O4/c1-27-13-17-8-21-24(30-3,19-5-4-6-20(27)22(17)19)9-15(12-28(21)2)14-31-23(29)16-7-18(25)11-26-10-16;2*1-3-4-5-6-7-8-9-10-11-12-13-14-18(21)15-19(22)16-23-17(2)20/h4-7,10-11,13,15,21H,8-9,12,14H2,1-3H3;3,18-19,21-22H,1,4-16H2,2H3;1,18-19,21-22H,4-16H2,2H3. The number of pyridine rings is 1. The molecule has 14 nitrogen and oxygen atoms in total. The highest BCUT2D eigenvalue weighted by Crippen LogP contribution is 2.49. The highest BCUT2D eigenvalue weighted by atomic mass is 79.9. The zero-order chi connectivity index (χ0) is 56.4. The normalized spacial score (nSPS) is 18.2. The summed E-state index contributed by atoms with van der Waals surface area (Å²) in [4.78, 5) is 40.2. The summed E-state index contributed by atoms with van der Waals surface area (Å²) in [6, 6.07) is 8.47. The number of unbranched alkanes of at least 4 members (excludes halogenated alkanes) is 18. The number of aliphatic hydroxyl groups excluding tert-OH is 4. The van der Waals surface area contributed by atoms with E-state index in [1.807, 2.05) is 13.2 Å². The number of esters is 3. The van der Waals surface area contributed by atoms with E-state index in [1.54, 1.807) is 12.3 Å². The second-order valence-corrected chi connectivity index (χ2v) is 22.4. The Balaban J connectivity index is 0.000000311. The fourth-order valence-electron chi connectivity index (χ4n) is 10.8. The average Bonchev–Trinajstić information content (AvgIpc) is 3.74. The van der Waals surface area contributed by atoms with Gasteiger partial charge in [0.1, 0.15) is 18.8 Å². The first-order valence-corrected chi connectivity index (χ1v) is 29.5. The van der Waals surface area contributed by atoms with Gasteiger partial charge in [0.15, 0.2) is 0 Å². The van der Waals surface area contributed by atoms with E-state index in [1.165, 1.54) is 126 Å². The summed E-state index contributed by atoms with van der Waals surface area (Å²) in [6.45, 7) is 7.49. The quantitative estimate of drug-likeness (QED) is 0.0143. The molecular weight excluding hydrogens is 1040 g/mol. The molecule has 432 valence electrons. The van der Waals surface area contributed by atoms with Crippen molar-refractivity contribution in [2.75, 3.05) is 40.5 Å². The van der Waals surface area contributed by atoms with Gasteiger partial charge in [-0.25, -0.2) is 4.79 Å². The third-order valence-electron chi connectivity index (χ3n) is 14.8. The number of nitrogens with zero attached hydrogens (tertiary/aromatic N) is 3. The van der Waals surface area contributed by atoms with E-state index in [9.17, 15) is 34.8 Å². The Labute approximate surface area is 470 Å². The fourth-order valence-corrected chi connectivity index (χ4v) is 11.2. The summed E-state index contributed by atoms with van der Waals surface area (Å²) in [5.74, 6) is 1.68. The van der Waals surface area contributed by atoms with E-state index in [0.717, 1.165) is 68.8 Å². The summed E-state index contributed by atoms with van der Waals surface area (Å²) in [5.41, 5.74) is 3.90. The topological polar surface area (TPSA) is 190 Å². The maximum Gasteiger partial charge on any atom is 0.339 e. The largest absolute Gasteiger partial charge is 0.463 e. The highest BCUT2D eigenvalue weighted by Gasteiger charge is 2.52. The van der Waals surface area contributed by atoms with Crippen molar-refractivity contribution < 1.29 is 53.8 Å². The molecule has 0 spiro atoms. The van der Waals surface area contributed by atoms with Crippen LogP contribution in [0.4, 0.5) is 0 Å². The second-order valence-electron chi connectivity index (χ2n) is 21.4. The number of likely N-dealkylation sites (tertiary alicyclic amines) is 1. The van der Waals surface area contributed by atoms with Crippen LogP contribution in [-0.2, 0) is 47.6 Å². The van der Waals surface area contributed by atoms with E-state index in [-0.39, 0.29) is 44.0 Å². The molecule has 15 heteroatoms. The van der Waals surface area contributed by atoms with Gasteiger partial charge in [-0.15, -0.1) is 18.9 Å². The lowest BCUT2D eigenvalue weighted by Crippen LogP contribution is -2.59. The van der Waals surface area contributed by atoms with Crippen LogP contribution in [0.1, 0.15) is 196 Å². The van der Waals surface area contributed by atoms with Crippen LogP contribution in [0.5, 0.6) is 0 Å². The number of likely N-dealkylation sites (N-methyl/N-ethyl adjacent to an activating group) is 1. The lowest BCUT2D eigenvalue weighted by molar-refractivity contribution is -0.145. The predicted molar refractivity (Wildman–Crippen MR) is 309 cm³/mol. The molecule has 3 aromatic rings. The van der Waals surface area contributed by atoms with Gasteiger partial charge in [0, 0.05) is 99.7 Å². The maximum atomic E-state index is 12.5. The van der Waals surface area contributed by atoms with Gasteiger partial charge in [-0.1, -0.05) is 121 Å². The van der Waals surface area contributed by atoms with Crippen molar-refractivity contribution in [3.05, 3.63) is 76.7 Å². The smallest absolute Gasteiger partial charge is 0.339 e. The van der Waals surface area contributed by atoms with Crippen molar-refractivity contribution >= 4 is 44.7 Å². The van der Waals surface area contributed by atoms with Crippen molar-refractivity contribution in [3.8, 4) is 12.3 Å². The number of aryl methyl sites for hydroxylation is 1. The van der Waals surface area contributed by atoms with Gasteiger partial charge in [-0.3, -0.25) is 19.5 Å². The number of carbonyl (C=O) groups is 3. The van der Waals surface area contributed by atoms with Gasteiger partial charge < -0.3 is 43.9 Å². The number of ether oxygens (including phenoxy) is 4. The number of rotatable bonds is 35. The minimum absolute atomic E-state index is 0.0286. The third-order valence-corrected chi connectivity index (χ3v) is 15.2. The minimum atomic E-state index is -0.775. The molecule has 1 aliphatic heterocycles. The van der Waals surface area contributed by atoms with Crippen molar-refractivity contribution in [1.82, 2.24) is 14.5 Å². The summed E-state index contributed by atoms with van der Waals surface area (Å²) in [6.07, 6.45) is 37.7. The molecule has 7 unspecified atom stereocenters. The Morgan fingerprint density at radius 1 is 0.792 bits per heavy atom. The summed E-state index contributed by atoms with van der Waals surface area (Å²) in [5, 5.41) is 40.1. The first kappa shape index (κ1) is 67.1. The Bertz CT molecular complexity index is 2200. The van der Waals surface area contributed by atoms with Crippen LogP contribution in [0.15, 0.2) is 60.0 Å². The van der Waals surface area contributed by atoms with Crippen LogP contribution >= 0.6 is 15.9 Å². The van der Waals surface area contributed by atoms with Gasteiger partial charge in [-0.2, -0.15) is 0 Å². The molecular formula is C62H96BrN3O11. The zero-order valence-electron chi connectivity index (χ0n) is 47.4. The number of aromatic nitrogens is 2. The van der Waals surface area contributed by atoms with Gasteiger partial charge in [0.05, 0.1) is 36.6 Å². The van der Waals surface area contributed by atoms with Crippen molar-refractivity contribution in [1.29, 1.82) is 0 Å². The maximum absolute atomic E-state index is 12.5. The number of fused-ring (bicyclic) bond motifs is 2. The molecule has 0 radical (unpaired) electrons. The first-order valence-electron chi connectivity index (χ1n) is 28.7. The van der Waals surface area contributed by atoms with Crippen molar-refractivity contribution in [2.45, 2.75) is 217 Å². The number of allylic oxidation sites excluding steroid dienone is 1. The number of carbonyl (C=O) groups excluding carboxylic acids is 3. The number of aliphatic hydroxyl groups is 4. The van der Waals surface area contributed by atoms with Gasteiger partial charge in [0.2, 0.25) is 0 Å². The number of terminal acetylenes is 1. The van der Waals surface area contributed by atoms with E-state index in [2.05, 4.69) is 81.4 Å². The molecule has 1 saturated heterocycles. The fraction of sp³-hybridized carbons (Fsp3) is 0.677. The molecule has 0 amide bonds. The van der Waals surface area contributed by atoms with E-state index in [0.29, 0.717) is 25.0 Å². The summed E-state index contributed by atoms with van der Waals surface area (Å²) >= 11 is 3.35. The molecule has 1 aliphatic carbocycles. The molecule has 5 rings (SSSR count). The number of hydrogen-bond donors (Lipinski definition) is 4. The molecule has 4 N–H and O–H groups in total. The molecule has 0 saturated carbocycles. The van der Waals surface area contributed by atoms with Gasteiger partial charge in [0.25, 0.3) is 0 Å². The Kier molecular flexibility index (Phi) is 33.5. The number of methoxy groups -OCH3 is 1. The van der Waals surface area contributed by atoms with Crippen molar-refractivity contribution in [3.63, 3.8) is 0 Å². The molecule has 3 heterocycles. The van der Waals surface area contributed by atoms with Crippen LogP contribution in [0.2, 0.25) is 0 Å². The molecule has 77 heavy (non-hydrogen) atoms. The molecule has 0 bridgehead atoms. The number of halogens is 1. The molecule has 7 atom stereocenters. The number of hydrogen-bond acceptors (Lipinski definition) is 13. The summed E-state index contributed by atoms with van der Waals surface area (Å²) in [7, 11) is 6.07. The second kappa shape index (κ2) is 38.5. The lowest BCUT2D eigenvalue weighted by Gasteiger charge is -2.53. The van der Waals surface area contributed by atoms with E-state index in [4.69, 9.17) is 25.4 Å². The Morgan fingerprint density at radius 2 is 1.32 bits per heavy atom. The van der Waals surface area contributed by atoms with Gasteiger partial charge >= 0.3 is 17.9 Å². The monoisotopic (exact) mass is 1140 g/mol. The van der Waals surface area contributed by atoms with Crippen LogP contribution in [-0.4, -0.2) is 124 Å². The van der Waals surface area contributed by atoms with Crippen LogP contribution in [0.3, 0.4) is 0 Å². The summed E-state index contributed by atoms with van der Waals surface area (Å²) < 4.78 is 24.4. The lowest BCUT2D eigenvalue weighted by atomic mass is 9.69. The minimum Gasteiger partial charge on any atom is -0.463 e. The van der Waals surface area contributed by atoms with Gasteiger partial charge in [-0.05, 0) is 91.2 Å². The number of piperidine rings is 1. The SMILES string of the molecule is C#CCCCCCCCCCCCC(O)CC(O)COC(C)=O.C=CCCCCCCCCCCCC(O)CC(O)COC(C)=O.COC12CC(COC(=O)c3cncc(Br)c3)CN(C)C1Cc1cn(C)c3cccc2c13.